The summed E-state index contributed by atoms with van der Waals surface area (Å²) in [5, 5.41) is 8.24. The summed E-state index contributed by atoms with van der Waals surface area (Å²) >= 11 is 0. The maximum absolute atomic E-state index is 11.8. The second-order valence-corrected chi connectivity index (χ2v) is 6.18. The molecule has 0 saturated carbocycles. The molecule has 2 aromatic heterocycles. The van der Waals surface area contributed by atoms with Crippen LogP contribution < -0.4 is 16.8 Å². The van der Waals surface area contributed by atoms with E-state index in [4.69, 9.17) is 11.5 Å². The molecule has 1 aliphatic heterocycles. The number of rotatable bonds is 3. The second kappa shape index (κ2) is 6.14. The average molecular weight is 337 g/mol. The Morgan fingerprint density at radius 3 is 2.88 bits per heavy atom. The monoisotopic (exact) mass is 337 g/mol. The van der Waals surface area contributed by atoms with Gasteiger partial charge < -0.3 is 16.8 Å². The van der Waals surface area contributed by atoms with Gasteiger partial charge >= 0.3 is 0 Å². The first-order chi connectivity index (χ1) is 12.2. The summed E-state index contributed by atoms with van der Waals surface area (Å²) < 4.78 is 1.65. The van der Waals surface area contributed by atoms with Crippen molar-refractivity contribution in [2.75, 3.05) is 18.8 Å². The van der Waals surface area contributed by atoms with Gasteiger partial charge in [-0.15, -0.1) is 0 Å². The van der Waals surface area contributed by atoms with Gasteiger partial charge in [0.1, 0.15) is 12.1 Å². The van der Waals surface area contributed by atoms with Gasteiger partial charge in [0.15, 0.2) is 11.3 Å². The lowest BCUT2D eigenvalue weighted by molar-refractivity contribution is 0.0996. The van der Waals surface area contributed by atoms with Crippen LogP contribution in [0.5, 0.6) is 0 Å². The van der Waals surface area contributed by atoms with E-state index in [0.29, 0.717) is 17.0 Å². The topological polar surface area (TPSA) is 125 Å². The Morgan fingerprint density at radius 2 is 2.12 bits per heavy atom. The van der Waals surface area contributed by atoms with Crippen LogP contribution in [0.2, 0.25) is 0 Å². The van der Waals surface area contributed by atoms with E-state index >= 15 is 0 Å². The van der Waals surface area contributed by atoms with Crippen LogP contribution in [0, 0.1) is 0 Å². The van der Waals surface area contributed by atoms with Crippen LogP contribution in [-0.2, 0) is 0 Å². The normalized spacial score (nSPS) is 17.7. The van der Waals surface area contributed by atoms with Crippen molar-refractivity contribution in [3.8, 4) is 5.69 Å². The summed E-state index contributed by atoms with van der Waals surface area (Å²) in [5.74, 6) is -0.0793. The van der Waals surface area contributed by atoms with Crippen LogP contribution in [0.1, 0.15) is 34.8 Å². The van der Waals surface area contributed by atoms with Crippen molar-refractivity contribution in [2.45, 2.75) is 18.8 Å². The van der Waals surface area contributed by atoms with Gasteiger partial charge in [-0.05, 0) is 36.9 Å². The van der Waals surface area contributed by atoms with Gasteiger partial charge in [0.05, 0.1) is 11.1 Å². The van der Waals surface area contributed by atoms with Crippen molar-refractivity contribution < 1.29 is 4.79 Å². The minimum atomic E-state index is -0.651. The van der Waals surface area contributed by atoms with E-state index in [-0.39, 0.29) is 11.5 Å². The van der Waals surface area contributed by atoms with Crippen LogP contribution in [0.25, 0.3) is 16.7 Å². The standard InChI is InChI=1S/C17H19N7O/c18-15-13-14(16(19)25)23-24(17(13)22-9-21-15)12-6-2-1-5-11(12)10-4-3-7-20-8-10/h1-2,5-6,9-10,20H,3-4,7-8H2,(H2,19,25)(H2,18,21,22). The molecule has 1 amide bonds. The van der Waals surface area contributed by atoms with E-state index in [0.717, 1.165) is 37.2 Å². The van der Waals surface area contributed by atoms with E-state index in [1.165, 1.54) is 6.33 Å². The van der Waals surface area contributed by atoms with Crippen molar-refractivity contribution >= 4 is 22.8 Å². The number of nitrogen functional groups attached to an aromatic ring is 1. The highest BCUT2D eigenvalue weighted by atomic mass is 16.1. The second-order valence-electron chi connectivity index (χ2n) is 6.18. The molecule has 3 aromatic rings. The SMILES string of the molecule is NC(=O)c1nn(-c2ccccc2C2CCCNC2)c2ncnc(N)c12. The van der Waals surface area contributed by atoms with Gasteiger partial charge in [0.25, 0.3) is 5.91 Å². The van der Waals surface area contributed by atoms with Crippen molar-refractivity contribution in [1.82, 2.24) is 25.1 Å². The zero-order valence-corrected chi connectivity index (χ0v) is 13.6. The summed E-state index contributed by atoms with van der Waals surface area (Å²) in [6, 6.07) is 8.02. The molecule has 25 heavy (non-hydrogen) atoms. The van der Waals surface area contributed by atoms with E-state index in [1.807, 2.05) is 18.2 Å². The Bertz CT molecular complexity index is 943. The van der Waals surface area contributed by atoms with E-state index < -0.39 is 5.91 Å². The number of benzene rings is 1. The molecule has 1 atom stereocenters. The number of nitrogens with two attached hydrogens (primary N) is 2. The largest absolute Gasteiger partial charge is 0.383 e. The number of primary amides is 1. The number of amides is 1. The highest BCUT2D eigenvalue weighted by Crippen LogP contribution is 2.31. The third-order valence-electron chi connectivity index (χ3n) is 4.63. The Balaban J connectivity index is 1.94. The molecular formula is C17H19N7O. The van der Waals surface area contributed by atoms with Crippen molar-refractivity contribution in [1.29, 1.82) is 0 Å². The lowest BCUT2D eigenvalue weighted by Crippen LogP contribution is -2.29. The molecule has 1 saturated heterocycles. The molecule has 0 radical (unpaired) electrons. The highest BCUT2D eigenvalue weighted by Gasteiger charge is 2.24. The van der Waals surface area contributed by atoms with Gasteiger partial charge in [0.2, 0.25) is 0 Å². The fraction of sp³-hybridized carbons (Fsp3) is 0.294. The van der Waals surface area contributed by atoms with Crippen LogP contribution in [-0.4, -0.2) is 38.7 Å². The lowest BCUT2D eigenvalue weighted by atomic mass is 9.90. The number of nitrogens with zero attached hydrogens (tertiary/aromatic N) is 4. The van der Waals surface area contributed by atoms with Crippen molar-refractivity contribution in [2.24, 2.45) is 5.73 Å². The average Bonchev–Trinajstić information content (AvgIpc) is 3.04. The van der Waals surface area contributed by atoms with Gasteiger partial charge in [-0.1, -0.05) is 18.2 Å². The number of carbonyl (C=O) groups is 1. The zero-order chi connectivity index (χ0) is 17.4. The predicted octanol–water partition coefficient (Wildman–Crippen LogP) is 0.964. The number of carbonyl (C=O) groups excluding carboxylic acids is 1. The molecule has 0 bridgehead atoms. The fourth-order valence-corrected chi connectivity index (χ4v) is 3.46. The van der Waals surface area contributed by atoms with Crippen LogP contribution in [0.15, 0.2) is 30.6 Å². The van der Waals surface area contributed by atoms with Crippen LogP contribution in [0.4, 0.5) is 5.82 Å². The van der Waals surface area contributed by atoms with Crippen LogP contribution >= 0.6 is 0 Å². The summed E-state index contributed by atoms with van der Waals surface area (Å²) in [6.07, 6.45) is 3.59. The maximum Gasteiger partial charge on any atom is 0.270 e. The molecule has 1 unspecified atom stereocenters. The smallest absolute Gasteiger partial charge is 0.270 e. The van der Waals surface area contributed by atoms with Gasteiger partial charge in [-0.25, -0.2) is 14.6 Å². The third-order valence-corrected chi connectivity index (χ3v) is 4.63. The van der Waals surface area contributed by atoms with Gasteiger partial charge in [-0.2, -0.15) is 5.10 Å². The number of aromatic nitrogens is 4. The molecule has 3 heterocycles. The number of fused-ring (bicyclic) bond motifs is 1. The van der Waals surface area contributed by atoms with Gasteiger partial charge in [0, 0.05) is 6.54 Å². The minimum Gasteiger partial charge on any atom is -0.383 e. The lowest BCUT2D eigenvalue weighted by Gasteiger charge is -2.25. The minimum absolute atomic E-state index is 0.0877. The number of anilines is 1. The molecule has 0 spiro atoms. The quantitative estimate of drug-likeness (QED) is 0.654. The summed E-state index contributed by atoms with van der Waals surface area (Å²) in [7, 11) is 0. The number of hydrogen-bond donors (Lipinski definition) is 3. The van der Waals surface area contributed by atoms with Crippen molar-refractivity contribution in [3.63, 3.8) is 0 Å². The predicted molar refractivity (Wildman–Crippen MR) is 94.4 cm³/mol. The number of nitrogens with one attached hydrogen (secondary N) is 1. The number of para-hydroxylation sites is 1. The Morgan fingerprint density at radius 1 is 1.28 bits per heavy atom. The van der Waals surface area contributed by atoms with Gasteiger partial charge in [-0.3, -0.25) is 4.79 Å². The first kappa shape index (κ1) is 15.5. The summed E-state index contributed by atoms with van der Waals surface area (Å²) in [5.41, 5.74) is 14.0. The summed E-state index contributed by atoms with van der Waals surface area (Å²) in [4.78, 5) is 20.1. The Hall–Kier alpha value is -3.00. The molecule has 8 nitrogen and oxygen atoms in total. The number of piperidine rings is 1. The van der Waals surface area contributed by atoms with Crippen molar-refractivity contribution in [3.05, 3.63) is 41.9 Å². The Labute approximate surface area is 144 Å². The fourth-order valence-electron chi connectivity index (χ4n) is 3.46. The molecule has 1 aliphatic rings. The molecule has 1 aromatic carbocycles. The first-order valence-corrected chi connectivity index (χ1v) is 8.26. The van der Waals surface area contributed by atoms with E-state index in [1.54, 1.807) is 4.68 Å². The van der Waals surface area contributed by atoms with E-state index in [2.05, 4.69) is 26.4 Å². The molecule has 4 rings (SSSR count). The number of hydrogen-bond acceptors (Lipinski definition) is 6. The maximum atomic E-state index is 11.8. The van der Waals surface area contributed by atoms with Crippen LogP contribution in [0.3, 0.4) is 0 Å². The molecule has 0 aliphatic carbocycles. The molecule has 5 N–H and O–H groups in total. The molecule has 8 heteroatoms. The first-order valence-electron chi connectivity index (χ1n) is 8.26. The molecule has 1 fully saturated rings. The van der Waals surface area contributed by atoms with E-state index in [9.17, 15) is 4.79 Å². The molecule has 128 valence electrons. The summed E-state index contributed by atoms with van der Waals surface area (Å²) in [6.45, 7) is 1.95. The molecular weight excluding hydrogens is 318 g/mol. The Kier molecular flexibility index (Phi) is 3.81. The highest BCUT2D eigenvalue weighted by molar-refractivity contribution is 6.07. The third kappa shape index (κ3) is 2.60. The zero-order valence-electron chi connectivity index (χ0n) is 13.6.